The first-order chi connectivity index (χ1) is 18.7. The van der Waals surface area contributed by atoms with Crippen LogP contribution in [0.2, 0.25) is 0 Å². The molecule has 4 aromatic rings. The second-order valence-corrected chi connectivity index (χ2v) is 10.7. The Balaban J connectivity index is 1.46. The molecule has 2 N–H and O–H groups in total. The number of nitrogen functional groups attached to an aromatic ring is 1. The number of anilines is 1. The fraction of sp³-hybridized carbons (Fsp3) is 0.300. The van der Waals surface area contributed by atoms with Crippen LogP contribution in [0.5, 0.6) is 11.5 Å². The van der Waals surface area contributed by atoms with Crippen LogP contribution in [-0.4, -0.2) is 43.6 Å². The zero-order chi connectivity index (χ0) is 27.6. The van der Waals surface area contributed by atoms with E-state index in [0.717, 1.165) is 24.2 Å². The molecule has 9 nitrogen and oxygen atoms in total. The SMILES string of the molecule is [C-]#[N+]/C(=C\C(C)(C)C)C(=O)N1CCCC(n2nc(-c3ccc(Oc4ccccc4)cc3)c3c(N)ncnc32)C1. The number of hydrogen-bond donors (Lipinski definition) is 1. The van der Waals surface area contributed by atoms with Crippen LogP contribution < -0.4 is 10.5 Å². The third-order valence-electron chi connectivity index (χ3n) is 6.56. The third kappa shape index (κ3) is 5.60. The van der Waals surface area contributed by atoms with E-state index in [-0.39, 0.29) is 23.1 Å². The Bertz CT molecular complexity index is 1560. The molecule has 2 aromatic carbocycles. The van der Waals surface area contributed by atoms with Crippen molar-refractivity contribution >= 4 is 22.8 Å². The van der Waals surface area contributed by atoms with Gasteiger partial charge < -0.3 is 15.4 Å². The molecule has 1 fully saturated rings. The molecular formula is C30H31N7O2. The van der Waals surface area contributed by atoms with Crippen LogP contribution >= 0.6 is 0 Å². The number of fused-ring (bicyclic) bond motifs is 1. The molecule has 0 aliphatic carbocycles. The van der Waals surface area contributed by atoms with Crippen LogP contribution in [0.1, 0.15) is 39.7 Å². The predicted molar refractivity (Wildman–Crippen MR) is 151 cm³/mol. The number of aromatic nitrogens is 4. The van der Waals surface area contributed by atoms with Gasteiger partial charge in [0.2, 0.25) is 5.70 Å². The zero-order valence-corrected chi connectivity index (χ0v) is 22.3. The Morgan fingerprint density at radius 3 is 2.51 bits per heavy atom. The molecule has 198 valence electrons. The molecular weight excluding hydrogens is 490 g/mol. The molecule has 1 saturated heterocycles. The quantitative estimate of drug-likeness (QED) is 0.260. The van der Waals surface area contributed by atoms with Crippen LogP contribution in [-0.2, 0) is 4.79 Å². The number of allylic oxidation sites excluding steroid dienone is 1. The van der Waals surface area contributed by atoms with Crippen molar-refractivity contribution in [3.05, 3.63) is 84.1 Å². The summed E-state index contributed by atoms with van der Waals surface area (Å²) in [5.74, 6) is 1.56. The molecule has 2 aromatic heterocycles. The monoisotopic (exact) mass is 521 g/mol. The first-order valence-corrected chi connectivity index (χ1v) is 12.9. The van der Waals surface area contributed by atoms with E-state index in [1.807, 2.05) is 80.1 Å². The Hall–Kier alpha value is -4.71. The minimum atomic E-state index is -0.270. The van der Waals surface area contributed by atoms with Gasteiger partial charge in [-0.1, -0.05) is 45.0 Å². The van der Waals surface area contributed by atoms with Crippen molar-refractivity contribution in [2.75, 3.05) is 18.8 Å². The number of amides is 1. The number of ether oxygens (including phenoxy) is 1. The maximum absolute atomic E-state index is 13.2. The minimum Gasteiger partial charge on any atom is -0.457 e. The summed E-state index contributed by atoms with van der Waals surface area (Å²) in [6.07, 6.45) is 4.79. The summed E-state index contributed by atoms with van der Waals surface area (Å²) in [5, 5.41) is 5.63. The number of para-hydroxylation sites is 1. The van der Waals surface area contributed by atoms with Crippen LogP contribution in [0.25, 0.3) is 27.1 Å². The standard InChI is InChI=1S/C30H31N7O2/c1-30(2,3)17-24(32-4)29(38)36-16-8-9-21(18-36)37-28-25(27(31)33-19-34-28)26(35-37)20-12-14-23(15-13-20)39-22-10-6-5-7-11-22/h5-7,10-15,17,19,21H,8-9,16,18H2,1-3H3,(H2,31,33,34)/b24-17-. The number of nitrogens with two attached hydrogens (primary N) is 1. The van der Waals surface area contributed by atoms with Gasteiger partial charge in [-0.25, -0.2) is 19.5 Å². The van der Waals surface area contributed by atoms with E-state index >= 15 is 0 Å². The molecule has 0 spiro atoms. The Morgan fingerprint density at radius 1 is 1.10 bits per heavy atom. The summed E-state index contributed by atoms with van der Waals surface area (Å²) < 4.78 is 7.80. The fourth-order valence-corrected chi connectivity index (χ4v) is 4.81. The summed E-state index contributed by atoms with van der Waals surface area (Å²) in [5.41, 5.74) is 8.36. The largest absolute Gasteiger partial charge is 0.457 e. The maximum atomic E-state index is 13.2. The molecule has 39 heavy (non-hydrogen) atoms. The van der Waals surface area contributed by atoms with E-state index in [2.05, 4.69) is 14.8 Å². The number of carbonyl (C=O) groups is 1. The summed E-state index contributed by atoms with van der Waals surface area (Å²) in [7, 11) is 0. The summed E-state index contributed by atoms with van der Waals surface area (Å²) in [6.45, 7) is 14.5. The molecule has 1 unspecified atom stereocenters. The molecule has 3 heterocycles. The maximum Gasteiger partial charge on any atom is 0.252 e. The van der Waals surface area contributed by atoms with E-state index < -0.39 is 0 Å². The number of carbonyl (C=O) groups excluding carboxylic acids is 1. The smallest absolute Gasteiger partial charge is 0.252 e. The first-order valence-electron chi connectivity index (χ1n) is 12.9. The van der Waals surface area contributed by atoms with Crippen molar-refractivity contribution in [3.63, 3.8) is 0 Å². The van der Waals surface area contributed by atoms with Gasteiger partial charge in [-0.15, -0.1) is 0 Å². The lowest BCUT2D eigenvalue weighted by Crippen LogP contribution is -2.41. The van der Waals surface area contributed by atoms with Gasteiger partial charge in [0.1, 0.15) is 29.3 Å². The number of hydrogen-bond acceptors (Lipinski definition) is 6. The highest BCUT2D eigenvalue weighted by Gasteiger charge is 2.30. The lowest BCUT2D eigenvalue weighted by molar-refractivity contribution is -0.128. The Labute approximate surface area is 227 Å². The molecule has 1 amide bonds. The van der Waals surface area contributed by atoms with Crippen LogP contribution in [0, 0.1) is 12.0 Å². The Morgan fingerprint density at radius 2 is 1.82 bits per heavy atom. The molecule has 0 saturated carbocycles. The van der Waals surface area contributed by atoms with E-state index in [9.17, 15) is 4.79 Å². The summed E-state index contributed by atoms with van der Waals surface area (Å²) in [6, 6.07) is 17.1. The fourth-order valence-electron chi connectivity index (χ4n) is 4.81. The average molecular weight is 522 g/mol. The van der Waals surface area contributed by atoms with Crippen molar-refractivity contribution in [3.8, 4) is 22.8 Å². The van der Waals surface area contributed by atoms with Crippen molar-refractivity contribution < 1.29 is 9.53 Å². The van der Waals surface area contributed by atoms with Crippen molar-refractivity contribution in [2.45, 2.75) is 39.7 Å². The highest BCUT2D eigenvalue weighted by molar-refractivity contribution is 5.98. The van der Waals surface area contributed by atoms with Gasteiger partial charge in [0.15, 0.2) is 5.65 Å². The van der Waals surface area contributed by atoms with Crippen molar-refractivity contribution in [2.24, 2.45) is 5.41 Å². The molecule has 9 heteroatoms. The normalized spacial score (nSPS) is 16.2. The van der Waals surface area contributed by atoms with Crippen molar-refractivity contribution in [1.29, 1.82) is 0 Å². The molecule has 5 rings (SSSR count). The molecule has 1 aliphatic rings. The molecule has 1 aliphatic heterocycles. The second-order valence-electron chi connectivity index (χ2n) is 10.7. The molecule has 0 radical (unpaired) electrons. The highest BCUT2D eigenvalue weighted by Crippen LogP contribution is 2.35. The summed E-state index contributed by atoms with van der Waals surface area (Å²) in [4.78, 5) is 27.3. The summed E-state index contributed by atoms with van der Waals surface area (Å²) >= 11 is 0. The predicted octanol–water partition coefficient (Wildman–Crippen LogP) is 5.88. The number of rotatable bonds is 5. The van der Waals surface area contributed by atoms with Crippen LogP contribution in [0.15, 0.2) is 72.7 Å². The zero-order valence-electron chi connectivity index (χ0n) is 22.3. The lowest BCUT2D eigenvalue weighted by Gasteiger charge is -2.33. The number of likely N-dealkylation sites (tertiary alicyclic amines) is 1. The van der Waals surface area contributed by atoms with Crippen molar-refractivity contribution in [1.82, 2.24) is 24.6 Å². The van der Waals surface area contributed by atoms with Gasteiger partial charge >= 0.3 is 0 Å². The second kappa shape index (κ2) is 10.6. The lowest BCUT2D eigenvalue weighted by atomic mass is 9.95. The van der Waals surface area contributed by atoms with Crippen LogP contribution in [0.3, 0.4) is 0 Å². The number of nitrogens with zero attached hydrogens (tertiary/aromatic N) is 6. The van der Waals surface area contributed by atoms with E-state index in [1.165, 1.54) is 6.33 Å². The van der Waals surface area contributed by atoms with Gasteiger partial charge in [-0.3, -0.25) is 4.79 Å². The van der Waals surface area contributed by atoms with E-state index in [0.29, 0.717) is 41.4 Å². The van der Waals surface area contributed by atoms with Gasteiger partial charge in [0, 0.05) is 18.7 Å². The topological polar surface area (TPSA) is 104 Å². The molecule has 0 bridgehead atoms. The molecule has 1 atom stereocenters. The minimum absolute atomic E-state index is 0.115. The Kier molecular flexibility index (Phi) is 7.03. The van der Waals surface area contributed by atoms with Gasteiger partial charge in [-0.2, -0.15) is 5.10 Å². The highest BCUT2D eigenvalue weighted by atomic mass is 16.5. The van der Waals surface area contributed by atoms with Gasteiger partial charge in [-0.05, 0) is 54.7 Å². The van der Waals surface area contributed by atoms with Crippen LogP contribution in [0.4, 0.5) is 5.82 Å². The third-order valence-corrected chi connectivity index (χ3v) is 6.56. The number of piperidine rings is 1. The average Bonchev–Trinajstić information content (AvgIpc) is 3.33. The van der Waals surface area contributed by atoms with Gasteiger partial charge in [0.25, 0.3) is 5.91 Å². The van der Waals surface area contributed by atoms with E-state index in [4.69, 9.17) is 22.1 Å². The number of benzene rings is 2. The van der Waals surface area contributed by atoms with E-state index in [1.54, 1.807) is 11.0 Å². The van der Waals surface area contributed by atoms with Gasteiger partial charge in [0.05, 0.1) is 18.0 Å². The first kappa shape index (κ1) is 25.9.